The topological polar surface area (TPSA) is 73.4 Å². The van der Waals surface area contributed by atoms with Crippen molar-refractivity contribution >= 4 is 34.9 Å². The van der Waals surface area contributed by atoms with Crippen molar-refractivity contribution in [1.82, 2.24) is 10.2 Å². The summed E-state index contributed by atoms with van der Waals surface area (Å²) in [5.74, 6) is 1.52. The number of nitriles is 2. The zero-order chi connectivity index (χ0) is 10.9. The molecule has 4 nitrogen and oxygen atoms in total. The summed E-state index contributed by atoms with van der Waals surface area (Å²) in [4.78, 5) is 0. The molecule has 0 atom stereocenters. The third kappa shape index (κ3) is 5.03. The smallest absolute Gasteiger partial charge is 0.175 e. The highest BCUT2D eigenvalue weighted by Gasteiger charge is 2.04. The van der Waals surface area contributed by atoms with Crippen molar-refractivity contribution in [3.05, 3.63) is 0 Å². The molecule has 0 unspecified atom stereocenters. The second-order valence-corrected chi connectivity index (χ2v) is 6.01. The molecule has 1 aromatic rings. The zero-order valence-corrected chi connectivity index (χ0v) is 10.3. The van der Waals surface area contributed by atoms with Gasteiger partial charge in [-0.15, -0.1) is 10.2 Å². The van der Waals surface area contributed by atoms with Gasteiger partial charge in [-0.3, -0.25) is 0 Å². The molecule has 0 N–H and O–H groups in total. The van der Waals surface area contributed by atoms with E-state index in [9.17, 15) is 0 Å². The van der Waals surface area contributed by atoms with Crippen molar-refractivity contribution in [1.29, 1.82) is 10.5 Å². The van der Waals surface area contributed by atoms with Crippen molar-refractivity contribution in [2.24, 2.45) is 0 Å². The van der Waals surface area contributed by atoms with Gasteiger partial charge in [0.25, 0.3) is 0 Å². The number of nitrogens with zero attached hydrogens (tertiary/aromatic N) is 4. The molecule has 0 spiro atoms. The fourth-order valence-corrected chi connectivity index (χ4v) is 3.53. The van der Waals surface area contributed by atoms with E-state index in [0.717, 1.165) is 20.2 Å². The van der Waals surface area contributed by atoms with Crippen molar-refractivity contribution in [2.45, 2.75) is 21.5 Å². The van der Waals surface area contributed by atoms with Crippen molar-refractivity contribution in [3.8, 4) is 12.1 Å². The lowest BCUT2D eigenvalue weighted by molar-refractivity contribution is 0.953. The SMILES string of the molecule is N#CCCSc1nnc(SCCC#N)s1. The van der Waals surface area contributed by atoms with Crippen LogP contribution in [0, 0.1) is 22.7 Å². The van der Waals surface area contributed by atoms with E-state index in [1.807, 2.05) is 0 Å². The minimum absolute atomic E-state index is 0.529. The molecule has 0 bridgehead atoms. The Morgan fingerprint density at radius 3 is 1.87 bits per heavy atom. The summed E-state index contributed by atoms with van der Waals surface area (Å²) in [7, 11) is 0. The summed E-state index contributed by atoms with van der Waals surface area (Å²) in [6, 6.07) is 4.16. The average Bonchev–Trinajstić information content (AvgIpc) is 2.67. The van der Waals surface area contributed by atoms with Crippen molar-refractivity contribution in [2.75, 3.05) is 11.5 Å². The Hall–Kier alpha value is -0.760. The molecule has 15 heavy (non-hydrogen) atoms. The molecular formula is C8H8N4S3. The molecule has 1 rings (SSSR count). The molecule has 1 aromatic heterocycles. The molecule has 0 aliphatic rings. The lowest BCUT2D eigenvalue weighted by Gasteiger charge is -1.89. The second-order valence-electron chi connectivity index (χ2n) is 2.35. The molecule has 0 radical (unpaired) electrons. The van der Waals surface area contributed by atoms with E-state index >= 15 is 0 Å². The first-order valence-corrected chi connectivity index (χ1v) is 6.98. The quantitative estimate of drug-likeness (QED) is 0.575. The van der Waals surface area contributed by atoms with E-state index in [2.05, 4.69) is 22.3 Å². The van der Waals surface area contributed by atoms with Gasteiger partial charge in [-0.25, -0.2) is 0 Å². The Bertz CT molecular complexity index is 341. The highest BCUT2D eigenvalue weighted by Crippen LogP contribution is 2.29. The molecule has 0 aromatic carbocycles. The van der Waals surface area contributed by atoms with Crippen LogP contribution in [-0.4, -0.2) is 21.7 Å². The largest absolute Gasteiger partial charge is 0.198 e. The Labute approximate surface area is 101 Å². The molecular weight excluding hydrogens is 248 g/mol. The van der Waals surface area contributed by atoms with Gasteiger partial charge in [0.15, 0.2) is 8.68 Å². The highest BCUT2D eigenvalue weighted by atomic mass is 32.2. The van der Waals surface area contributed by atoms with E-state index in [1.54, 1.807) is 23.5 Å². The molecule has 0 saturated heterocycles. The summed E-state index contributed by atoms with van der Waals surface area (Å²) in [6.45, 7) is 0. The van der Waals surface area contributed by atoms with Gasteiger partial charge < -0.3 is 0 Å². The predicted octanol–water partition coefficient (Wildman–Crippen LogP) is 2.55. The van der Waals surface area contributed by atoms with Gasteiger partial charge in [0, 0.05) is 24.3 Å². The number of thioether (sulfide) groups is 2. The maximum atomic E-state index is 8.36. The monoisotopic (exact) mass is 256 g/mol. The van der Waals surface area contributed by atoms with E-state index in [0.29, 0.717) is 12.8 Å². The first kappa shape index (κ1) is 12.3. The van der Waals surface area contributed by atoms with Crippen molar-refractivity contribution < 1.29 is 0 Å². The lowest BCUT2D eigenvalue weighted by Crippen LogP contribution is -1.76. The lowest BCUT2D eigenvalue weighted by atomic mass is 10.6. The summed E-state index contributed by atoms with van der Waals surface area (Å²) in [5, 5.41) is 24.7. The first-order valence-electron chi connectivity index (χ1n) is 4.20. The van der Waals surface area contributed by atoms with E-state index in [4.69, 9.17) is 10.5 Å². The Balaban J connectivity index is 2.30. The molecule has 78 valence electrons. The summed E-state index contributed by atoms with van der Waals surface area (Å²) in [6.07, 6.45) is 1.06. The van der Waals surface area contributed by atoms with Crippen LogP contribution in [-0.2, 0) is 0 Å². The number of hydrogen-bond acceptors (Lipinski definition) is 7. The molecule has 0 aliphatic carbocycles. The van der Waals surface area contributed by atoms with Gasteiger partial charge in [-0.05, 0) is 0 Å². The van der Waals surface area contributed by atoms with Gasteiger partial charge in [-0.1, -0.05) is 34.9 Å². The zero-order valence-electron chi connectivity index (χ0n) is 7.84. The second kappa shape index (κ2) is 7.52. The van der Waals surface area contributed by atoms with E-state index < -0.39 is 0 Å². The van der Waals surface area contributed by atoms with Crippen LogP contribution in [0.25, 0.3) is 0 Å². The predicted molar refractivity (Wildman–Crippen MR) is 61.8 cm³/mol. The molecule has 7 heteroatoms. The maximum absolute atomic E-state index is 8.36. The Kier molecular flexibility index (Phi) is 6.17. The van der Waals surface area contributed by atoms with Gasteiger partial charge in [0.05, 0.1) is 12.1 Å². The Morgan fingerprint density at radius 1 is 1.00 bits per heavy atom. The third-order valence-corrected chi connectivity index (χ3v) is 4.46. The van der Waals surface area contributed by atoms with Crippen LogP contribution in [0.3, 0.4) is 0 Å². The summed E-state index contributed by atoms with van der Waals surface area (Å²) in [5.41, 5.74) is 0. The van der Waals surface area contributed by atoms with Crippen molar-refractivity contribution in [3.63, 3.8) is 0 Å². The normalized spacial score (nSPS) is 9.47. The number of rotatable bonds is 6. The molecule has 0 fully saturated rings. The van der Waals surface area contributed by atoms with E-state index in [1.165, 1.54) is 11.3 Å². The van der Waals surface area contributed by atoms with Gasteiger partial charge >= 0.3 is 0 Å². The highest BCUT2D eigenvalue weighted by molar-refractivity contribution is 8.03. The maximum Gasteiger partial charge on any atom is 0.175 e. The van der Waals surface area contributed by atoms with Crippen LogP contribution in [0.2, 0.25) is 0 Å². The van der Waals surface area contributed by atoms with Crippen LogP contribution in [0.15, 0.2) is 8.68 Å². The molecule has 0 saturated carbocycles. The van der Waals surface area contributed by atoms with Crippen LogP contribution in [0.1, 0.15) is 12.8 Å². The number of aromatic nitrogens is 2. The summed E-state index contributed by atoms with van der Waals surface area (Å²) < 4.78 is 1.79. The fourth-order valence-electron chi connectivity index (χ4n) is 0.682. The first-order chi connectivity index (χ1) is 7.36. The number of hydrogen-bond donors (Lipinski definition) is 0. The molecule has 1 heterocycles. The third-order valence-electron chi connectivity index (χ3n) is 1.27. The van der Waals surface area contributed by atoms with Crippen LogP contribution in [0.5, 0.6) is 0 Å². The minimum atomic E-state index is 0.529. The van der Waals surface area contributed by atoms with Gasteiger partial charge in [0.2, 0.25) is 0 Å². The van der Waals surface area contributed by atoms with Crippen LogP contribution >= 0.6 is 34.9 Å². The minimum Gasteiger partial charge on any atom is -0.198 e. The molecule has 0 aliphatic heterocycles. The van der Waals surface area contributed by atoms with Gasteiger partial charge in [0.1, 0.15) is 0 Å². The van der Waals surface area contributed by atoms with E-state index in [-0.39, 0.29) is 0 Å². The standard InChI is InChI=1S/C8H8N4S3/c9-3-1-5-13-7-11-12-8(15-7)14-6-2-4-10/h1-2,5-6H2. The van der Waals surface area contributed by atoms with Crippen LogP contribution < -0.4 is 0 Å². The summed E-state index contributed by atoms with van der Waals surface area (Å²) >= 11 is 4.62. The molecule has 0 amide bonds. The van der Waals surface area contributed by atoms with Gasteiger partial charge in [-0.2, -0.15) is 10.5 Å². The van der Waals surface area contributed by atoms with Crippen LogP contribution in [0.4, 0.5) is 0 Å². The average molecular weight is 256 g/mol. The Morgan fingerprint density at radius 2 is 1.47 bits per heavy atom. The fraction of sp³-hybridized carbons (Fsp3) is 0.500.